The zero-order valence-electron chi connectivity index (χ0n) is 5.28. The summed E-state index contributed by atoms with van der Waals surface area (Å²) in [6, 6.07) is -1.96. The maximum absolute atomic E-state index is 10.2. The van der Waals surface area contributed by atoms with E-state index in [1.54, 1.807) is 0 Å². The van der Waals surface area contributed by atoms with Crippen LogP contribution in [0.15, 0.2) is 0 Å². The van der Waals surface area contributed by atoms with Crippen molar-refractivity contribution in [3.05, 3.63) is 0 Å². The van der Waals surface area contributed by atoms with Crippen LogP contribution >= 0.6 is 7.60 Å². The topological polar surface area (TPSA) is 141 Å². The van der Waals surface area contributed by atoms with Crippen molar-refractivity contribution in [2.45, 2.75) is 11.9 Å². The van der Waals surface area contributed by atoms with Gasteiger partial charge < -0.3 is 25.7 Å². The second-order valence-corrected chi connectivity index (χ2v) is 3.57. The van der Waals surface area contributed by atoms with Crippen molar-refractivity contribution in [1.82, 2.24) is 0 Å². The van der Waals surface area contributed by atoms with Crippen molar-refractivity contribution in [1.29, 1.82) is 0 Å². The van der Waals surface area contributed by atoms with Gasteiger partial charge in [0, 0.05) is 0 Å². The Balaban J connectivity index is 0. The van der Waals surface area contributed by atoms with Crippen LogP contribution in [-0.4, -0.2) is 67.4 Å². The van der Waals surface area contributed by atoms with Gasteiger partial charge in [-0.3, -0.25) is 9.36 Å². The summed E-state index contributed by atoms with van der Waals surface area (Å²) in [5.74, 6) is -4.01. The molecule has 12 heavy (non-hydrogen) atoms. The summed E-state index contributed by atoms with van der Waals surface area (Å²) in [5.41, 5.74) is 4.70. The van der Waals surface area contributed by atoms with Gasteiger partial charge >= 0.3 is 43.1 Å². The summed E-state index contributed by atoms with van der Waals surface area (Å²) < 4.78 is 10.2. The summed E-state index contributed by atoms with van der Waals surface area (Å²) >= 11 is 0. The number of carbonyl (C=O) groups is 1. The molecule has 6 N–H and O–H groups in total. The van der Waals surface area contributed by atoms with Gasteiger partial charge in [0.25, 0.3) is 0 Å². The second kappa shape index (κ2) is 5.31. The number of carboxylic acids is 1. The number of carboxylic acid groups (broad SMARTS) is 1. The van der Waals surface area contributed by atoms with Crippen molar-refractivity contribution in [2.75, 3.05) is 0 Å². The zero-order chi connectivity index (χ0) is 9.23. The summed E-state index contributed by atoms with van der Waals surface area (Å²) in [5, 5.41) is 16.6. The molecule has 0 spiro atoms. The zero-order valence-corrected chi connectivity index (χ0v) is 6.18. The molecule has 0 aromatic rings. The maximum atomic E-state index is 10.2. The Morgan fingerprint density at radius 2 is 1.75 bits per heavy atom. The van der Waals surface area contributed by atoms with Crippen molar-refractivity contribution < 1.29 is 29.4 Å². The molecular weight excluding hydrogens is 200 g/mol. The van der Waals surface area contributed by atoms with E-state index >= 15 is 0 Å². The summed E-state index contributed by atoms with van der Waals surface area (Å²) in [4.78, 5) is 26.4. The molecule has 0 saturated carbocycles. The number of aliphatic hydroxyl groups excluding tert-OH is 1. The number of aliphatic hydroxyl groups is 1. The first-order valence-corrected chi connectivity index (χ1v) is 4.16. The molecule has 0 aromatic heterocycles. The molecule has 0 aliphatic carbocycles. The van der Waals surface area contributed by atoms with Crippen LogP contribution in [0.2, 0.25) is 0 Å². The molecule has 2 atom stereocenters. The van der Waals surface area contributed by atoms with E-state index in [0.29, 0.717) is 0 Å². The first-order chi connectivity index (χ1) is 4.76. The summed E-state index contributed by atoms with van der Waals surface area (Å²) in [6.07, 6.45) is 0. The van der Waals surface area contributed by atoms with E-state index in [0.717, 1.165) is 0 Å². The van der Waals surface area contributed by atoms with Crippen LogP contribution < -0.4 is 5.73 Å². The average Bonchev–Trinajstić information content (AvgIpc) is 1.82. The first-order valence-electron chi connectivity index (χ1n) is 2.48. The van der Waals surface area contributed by atoms with Crippen LogP contribution in [-0.2, 0) is 9.36 Å². The van der Waals surface area contributed by atoms with Crippen LogP contribution in [0.5, 0.6) is 0 Å². The third kappa shape index (κ3) is 4.54. The molecule has 7 nitrogen and oxygen atoms in total. The van der Waals surface area contributed by atoms with E-state index in [1.807, 2.05) is 0 Å². The summed E-state index contributed by atoms with van der Waals surface area (Å²) in [6.45, 7) is 0. The first kappa shape index (κ1) is 15.0. The minimum atomic E-state index is -4.82. The number of nitrogens with two attached hydrogens (primary N) is 1. The molecule has 0 heterocycles. The Hall–Kier alpha value is 0.540. The van der Waals surface area contributed by atoms with Gasteiger partial charge in [-0.25, -0.2) is 0 Å². The van der Waals surface area contributed by atoms with Crippen LogP contribution in [0.3, 0.4) is 0 Å². The average molecular weight is 209 g/mol. The Bertz CT molecular complexity index is 203. The minimum absolute atomic E-state index is 0. The molecule has 0 aromatic carbocycles. The van der Waals surface area contributed by atoms with Crippen LogP contribution in [0.4, 0.5) is 0 Å². The Morgan fingerprint density at radius 1 is 1.42 bits per heavy atom. The standard InChI is InChI=1S/C3H8NO6P.Na.H/c4-1(2(5)6)3(7)11(8,9)10;;/h1,3,7H,4H2,(H,5,6)(H2,8,9,10);;/t1-,3?;;/m1../s1. The molecule has 0 fully saturated rings. The van der Waals surface area contributed by atoms with Crippen molar-refractivity contribution in [3.63, 3.8) is 0 Å². The molecule has 0 amide bonds. The van der Waals surface area contributed by atoms with Crippen molar-refractivity contribution in [3.8, 4) is 0 Å². The molecule has 0 radical (unpaired) electrons. The van der Waals surface area contributed by atoms with Gasteiger partial charge in [-0.15, -0.1) is 0 Å². The molecular formula is C3H9NNaO6P. The van der Waals surface area contributed by atoms with E-state index in [4.69, 9.17) is 25.7 Å². The molecule has 9 heteroatoms. The number of aliphatic carboxylic acids is 1. The van der Waals surface area contributed by atoms with Gasteiger partial charge in [-0.2, -0.15) is 0 Å². The van der Waals surface area contributed by atoms with Gasteiger partial charge in [-0.1, -0.05) is 0 Å². The van der Waals surface area contributed by atoms with Gasteiger partial charge in [0.05, 0.1) is 0 Å². The van der Waals surface area contributed by atoms with E-state index in [9.17, 15) is 9.36 Å². The van der Waals surface area contributed by atoms with Crippen molar-refractivity contribution in [2.24, 2.45) is 5.73 Å². The number of hydrogen-bond acceptors (Lipinski definition) is 4. The summed E-state index contributed by atoms with van der Waals surface area (Å²) in [7, 11) is -4.82. The van der Waals surface area contributed by atoms with Crippen molar-refractivity contribution >= 4 is 43.1 Å². The number of hydrogen-bond donors (Lipinski definition) is 5. The molecule has 0 rings (SSSR count). The Labute approximate surface area is 90.0 Å². The Kier molecular flexibility index (Phi) is 6.65. The normalized spacial score (nSPS) is 16.0. The fourth-order valence-electron chi connectivity index (χ4n) is 0.337. The third-order valence-corrected chi connectivity index (χ3v) is 1.96. The SMILES string of the molecule is N[C@H](C(=O)O)C(O)P(=O)(O)O.[NaH]. The fraction of sp³-hybridized carbons (Fsp3) is 0.667. The van der Waals surface area contributed by atoms with E-state index in [-0.39, 0.29) is 29.6 Å². The second-order valence-electron chi connectivity index (χ2n) is 1.87. The van der Waals surface area contributed by atoms with Gasteiger partial charge in [0.1, 0.15) is 6.04 Å². The van der Waals surface area contributed by atoms with Gasteiger partial charge in [0.2, 0.25) is 0 Å². The van der Waals surface area contributed by atoms with Gasteiger partial charge in [0.15, 0.2) is 5.85 Å². The molecule has 0 bridgehead atoms. The van der Waals surface area contributed by atoms with Crippen LogP contribution in [0.1, 0.15) is 0 Å². The van der Waals surface area contributed by atoms with Gasteiger partial charge in [-0.05, 0) is 0 Å². The fourth-order valence-corrected chi connectivity index (χ4v) is 0.883. The predicted octanol–water partition coefficient (Wildman–Crippen LogP) is -2.75. The van der Waals surface area contributed by atoms with E-state index in [1.165, 1.54) is 0 Å². The molecule has 1 unspecified atom stereocenters. The van der Waals surface area contributed by atoms with Crippen LogP contribution in [0.25, 0.3) is 0 Å². The third-order valence-electron chi connectivity index (χ3n) is 0.951. The number of rotatable bonds is 3. The predicted molar refractivity (Wildman–Crippen MR) is 40.8 cm³/mol. The quantitative estimate of drug-likeness (QED) is 0.250. The van der Waals surface area contributed by atoms with Crippen LogP contribution in [0, 0.1) is 0 Å². The molecule has 0 saturated heterocycles. The van der Waals surface area contributed by atoms with E-state index in [2.05, 4.69) is 0 Å². The molecule has 68 valence electrons. The monoisotopic (exact) mass is 209 g/mol. The van der Waals surface area contributed by atoms with E-state index < -0.39 is 25.5 Å². The Morgan fingerprint density at radius 3 is 1.83 bits per heavy atom. The molecule has 0 aliphatic rings. The molecule has 0 aliphatic heterocycles.